The van der Waals surface area contributed by atoms with Crippen LogP contribution in [0.5, 0.6) is 0 Å². The SMILES string of the molecule is CN=C(NCC1CCN(Cc2ccccc2F)CC1)NC(C)c1ccccc1.I. The van der Waals surface area contributed by atoms with E-state index < -0.39 is 0 Å². The van der Waals surface area contributed by atoms with Gasteiger partial charge in [-0.1, -0.05) is 48.5 Å². The third-order valence-electron chi connectivity index (χ3n) is 5.49. The number of likely N-dealkylation sites (tertiary alicyclic amines) is 1. The third-order valence-corrected chi connectivity index (χ3v) is 5.49. The first kappa shape index (κ1) is 23.6. The van der Waals surface area contributed by atoms with Crippen LogP contribution in [0.2, 0.25) is 0 Å². The van der Waals surface area contributed by atoms with Gasteiger partial charge < -0.3 is 10.6 Å². The third kappa shape index (κ3) is 7.26. The second-order valence-electron chi connectivity index (χ2n) is 7.54. The maximum Gasteiger partial charge on any atom is 0.191 e. The molecule has 0 saturated carbocycles. The first-order chi connectivity index (χ1) is 13.7. The molecule has 1 aliphatic rings. The van der Waals surface area contributed by atoms with Gasteiger partial charge in [0, 0.05) is 25.7 Å². The standard InChI is InChI=1S/C23H31FN4.HI/c1-18(20-8-4-3-5-9-20)27-23(25-2)26-16-19-12-14-28(15-13-19)17-21-10-6-7-11-22(21)24;/h3-11,18-19H,12-17H2,1-2H3,(H2,25,26,27);1H. The largest absolute Gasteiger partial charge is 0.356 e. The molecule has 2 aromatic rings. The van der Waals surface area contributed by atoms with E-state index in [0.29, 0.717) is 12.5 Å². The summed E-state index contributed by atoms with van der Waals surface area (Å²) >= 11 is 0. The van der Waals surface area contributed by atoms with Gasteiger partial charge in [-0.2, -0.15) is 0 Å². The predicted molar refractivity (Wildman–Crippen MR) is 129 cm³/mol. The van der Waals surface area contributed by atoms with Crippen molar-refractivity contribution in [2.24, 2.45) is 10.9 Å². The van der Waals surface area contributed by atoms with Crippen LogP contribution in [0.1, 0.15) is 36.9 Å². The van der Waals surface area contributed by atoms with E-state index in [1.807, 2.05) is 25.2 Å². The lowest BCUT2D eigenvalue weighted by Gasteiger charge is -2.32. The highest BCUT2D eigenvalue weighted by Gasteiger charge is 2.20. The number of hydrogen-bond acceptors (Lipinski definition) is 2. The zero-order valence-corrected chi connectivity index (χ0v) is 19.6. The van der Waals surface area contributed by atoms with Crippen molar-refractivity contribution in [1.82, 2.24) is 15.5 Å². The van der Waals surface area contributed by atoms with Gasteiger partial charge in [-0.25, -0.2) is 4.39 Å². The average Bonchev–Trinajstić information content (AvgIpc) is 2.74. The quantitative estimate of drug-likeness (QED) is 0.340. The molecule has 6 heteroatoms. The van der Waals surface area contributed by atoms with Gasteiger partial charge in [0.2, 0.25) is 0 Å². The van der Waals surface area contributed by atoms with Gasteiger partial charge in [-0.15, -0.1) is 24.0 Å². The Balaban J connectivity index is 0.00000300. The van der Waals surface area contributed by atoms with Crippen LogP contribution in [0.15, 0.2) is 59.6 Å². The lowest BCUT2D eigenvalue weighted by atomic mass is 9.96. The summed E-state index contributed by atoms with van der Waals surface area (Å²) in [5.74, 6) is 1.35. The molecular weight excluding hydrogens is 478 g/mol. The van der Waals surface area contributed by atoms with Crippen molar-refractivity contribution < 1.29 is 4.39 Å². The zero-order chi connectivity index (χ0) is 19.8. The van der Waals surface area contributed by atoms with Crippen molar-refractivity contribution >= 4 is 29.9 Å². The zero-order valence-electron chi connectivity index (χ0n) is 17.3. The van der Waals surface area contributed by atoms with Gasteiger partial charge in [0.25, 0.3) is 0 Å². The fraction of sp³-hybridized carbons (Fsp3) is 0.435. The summed E-state index contributed by atoms with van der Waals surface area (Å²) in [6, 6.07) is 17.7. The maximum absolute atomic E-state index is 13.8. The number of halogens is 2. The number of guanidine groups is 1. The van der Waals surface area contributed by atoms with Gasteiger partial charge in [0.1, 0.15) is 5.82 Å². The van der Waals surface area contributed by atoms with Crippen LogP contribution in [0, 0.1) is 11.7 Å². The van der Waals surface area contributed by atoms with E-state index in [9.17, 15) is 4.39 Å². The molecule has 1 atom stereocenters. The van der Waals surface area contributed by atoms with Crippen LogP contribution in [-0.2, 0) is 6.54 Å². The van der Waals surface area contributed by atoms with Crippen LogP contribution in [0.3, 0.4) is 0 Å². The molecule has 2 aromatic carbocycles. The van der Waals surface area contributed by atoms with Gasteiger partial charge in [0.05, 0.1) is 6.04 Å². The van der Waals surface area contributed by atoms with Crippen molar-refractivity contribution in [3.63, 3.8) is 0 Å². The molecule has 1 aliphatic heterocycles. The second kappa shape index (κ2) is 12.1. The van der Waals surface area contributed by atoms with Crippen LogP contribution in [0.4, 0.5) is 4.39 Å². The molecule has 0 spiro atoms. The molecule has 0 bridgehead atoms. The van der Waals surface area contributed by atoms with Crippen molar-refractivity contribution in [2.45, 2.75) is 32.4 Å². The minimum Gasteiger partial charge on any atom is -0.356 e. The highest BCUT2D eigenvalue weighted by atomic mass is 127. The number of benzene rings is 2. The molecule has 4 nitrogen and oxygen atoms in total. The lowest BCUT2D eigenvalue weighted by molar-refractivity contribution is 0.176. The smallest absolute Gasteiger partial charge is 0.191 e. The highest BCUT2D eigenvalue weighted by molar-refractivity contribution is 14.0. The Morgan fingerprint density at radius 2 is 1.76 bits per heavy atom. The Bertz CT molecular complexity index is 760. The molecule has 1 heterocycles. The summed E-state index contributed by atoms with van der Waals surface area (Å²) in [7, 11) is 1.81. The molecule has 29 heavy (non-hydrogen) atoms. The van der Waals surface area contributed by atoms with E-state index in [0.717, 1.165) is 44.0 Å². The summed E-state index contributed by atoms with van der Waals surface area (Å²) in [5, 5.41) is 6.93. The summed E-state index contributed by atoms with van der Waals surface area (Å²) < 4.78 is 13.8. The van der Waals surface area contributed by atoms with Crippen molar-refractivity contribution in [2.75, 3.05) is 26.7 Å². The molecule has 0 aromatic heterocycles. The Labute approximate surface area is 191 Å². The minimum absolute atomic E-state index is 0. The number of hydrogen-bond donors (Lipinski definition) is 2. The summed E-state index contributed by atoms with van der Waals surface area (Å²) in [6.07, 6.45) is 2.24. The van der Waals surface area contributed by atoms with Gasteiger partial charge in [-0.05, 0) is 50.4 Å². The molecule has 0 aliphatic carbocycles. The molecule has 2 N–H and O–H groups in total. The van der Waals surface area contributed by atoms with Crippen LogP contribution < -0.4 is 10.6 Å². The van der Waals surface area contributed by atoms with E-state index in [-0.39, 0.29) is 35.8 Å². The monoisotopic (exact) mass is 510 g/mol. The fourth-order valence-electron chi connectivity index (χ4n) is 3.68. The topological polar surface area (TPSA) is 39.7 Å². The van der Waals surface area contributed by atoms with Crippen molar-refractivity contribution in [3.8, 4) is 0 Å². The van der Waals surface area contributed by atoms with E-state index in [4.69, 9.17) is 0 Å². The number of piperidine rings is 1. The molecule has 3 rings (SSSR count). The Morgan fingerprint density at radius 1 is 1.10 bits per heavy atom. The maximum atomic E-state index is 13.8. The van der Waals surface area contributed by atoms with E-state index in [2.05, 4.69) is 51.7 Å². The Hall–Kier alpha value is -1.67. The second-order valence-corrected chi connectivity index (χ2v) is 7.54. The summed E-state index contributed by atoms with van der Waals surface area (Å²) in [6.45, 7) is 5.77. The van der Waals surface area contributed by atoms with Crippen LogP contribution in [-0.4, -0.2) is 37.5 Å². The normalized spacial score (nSPS) is 16.7. The fourth-order valence-corrected chi connectivity index (χ4v) is 3.68. The molecule has 0 amide bonds. The number of rotatable bonds is 6. The molecule has 1 unspecified atom stereocenters. The molecule has 1 saturated heterocycles. The number of aliphatic imine (C=N–C) groups is 1. The number of nitrogens with zero attached hydrogens (tertiary/aromatic N) is 2. The molecular formula is C23H32FIN4. The van der Waals surface area contributed by atoms with E-state index in [1.165, 1.54) is 5.56 Å². The van der Waals surface area contributed by atoms with Crippen LogP contribution >= 0.6 is 24.0 Å². The predicted octanol–water partition coefficient (Wildman–Crippen LogP) is 4.58. The number of nitrogens with one attached hydrogen (secondary N) is 2. The van der Waals surface area contributed by atoms with E-state index >= 15 is 0 Å². The van der Waals surface area contributed by atoms with Crippen molar-refractivity contribution in [3.05, 3.63) is 71.5 Å². The first-order valence-corrected chi connectivity index (χ1v) is 10.1. The minimum atomic E-state index is -0.103. The lowest BCUT2D eigenvalue weighted by Crippen LogP contribution is -2.43. The van der Waals surface area contributed by atoms with Gasteiger partial charge >= 0.3 is 0 Å². The molecule has 1 fully saturated rings. The first-order valence-electron chi connectivity index (χ1n) is 10.1. The van der Waals surface area contributed by atoms with Crippen molar-refractivity contribution in [1.29, 1.82) is 0 Å². The Kier molecular flexibility index (Phi) is 9.87. The molecule has 0 radical (unpaired) electrons. The average molecular weight is 510 g/mol. The summed E-state index contributed by atoms with van der Waals surface area (Å²) in [4.78, 5) is 6.71. The Morgan fingerprint density at radius 3 is 2.41 bits per heavy atom. The van der Waals surface area contributed by atoms with Gasteiger partial charge in [-0.3, -0.25) is 9.89 Å². The van der Waals surface area contributed by atoms with Gasteiger partial charge in [0.15, 0.2) is 5.96 Å². The van der Waals surface area contributed by atoms with Crippen LogP contribution in [0.25, 0.3) is 0 Å². The summed E-state index contributed by atoms with van der Waals surface area (Å²) in [5.41, 5.74) is 2.03. The van der Waals surface area contributed by atoms with E-state index in [1.54, 1.807) is 12.1 Å². The molecule has 158 valence electrons. The highest BCUT2D eigenvalue weighted by Crippen LogP contribution is 2.19.